The second-order valence-corrected chi connectivity index (χ2v) is 6.30. The summed E-state index contributed by atoms with van der Waals surface area (Å²) in [5.74, 6) is -0.736. The highest BCUT2D eigenvalue weighted by atomic mass is 16.5. The Balaban J connectivity index is 1.71. The molecule has 0 heterocycles. The molecule has 0 bridgehead atoms. The van der Waals surface area contributed by atoms with E-state index in [1.165, 1.54) is 6.92 Å². The van der Waals surface area contributed by atoms with Gasteiger partial charge < -0.3 is 9.53 Å². The molecule has 0 saturated carbocycles. The lowest BCUT2D eigenvalue weighted by Crippen LogP contribution is -2.21. The maximum Gasteiger partial charge on any atom is 0.306 e. The van der Waals surface area contributed by atoms with Crippen LogP contribution in [-0.4, -0.2) is 23.3 Å². The molecule has 2 aromatic rings. The van der Waals surface area contributed by atoms with Crippen LogP contribution in [0, 0.1) is 0 Å². The summed E-state index contributed by atoms with van der Waals surface area (Å²) in [6.45, 7) is 1.50. The van der Waals surface area contributed by atoms with Gasteiger partial charge in [0.2, 0.25) is 0 Å². The molecular weight excluding hydrogens is 332 g/mol. The average Bonchev–Trinajstić information content (AvgIpc) is 2.64. The van der Waals surface area contributed by atoms with Crippen LogP contribution in [-0.2, 0) is 20.9 Å². The van der Waals surface area contributed by atoms with Crippen LogP contribution in [0.15, 0.2) is 42.5 Å². The first kappa shape index (κ1) is 17.7. The van der Waals surface area contributed by atoms with Crippen LogP contribution in [0.25, 0.3) is 0 Å². The Morgan fingerprint density at radius 3 is 2.12 bits per heavy atom. The van der Waals surface area contributed by atoms with Crippen molar-refractivity contribution in [2.45, 2.75) is 32.8 Å². The first-order valence-corrected chi connectivity index (χ1v) is 8.44. The van der Waals surface area contributed by atoms with Gasteiger partial charge in [-0.2, -0.15) is 0 Å². The quantitative estimate of drug-likeness (QED) is 0.638. The lowest BCUT2D eigenvalue weighted by atomic mass is 9.83. The predicted molar refractivity (Wildman–Crippen MR) is 94.1 cm³/mol. The Morgan fingerprint density at radius 1 is 0.846 bits per heavy atom. The maximum atomic E-state index is 12.7. The number of ketones is 3. The van der Waals surface area contributed by atoms with Crippen molar-refractivity contribution in [3.05, 3.63) is 70.3 Å². The van der Waals surface area contributed by atoms with Crippen LogP contribution in [0.3, 0.4) is 0 Å². The van der Waals surface area contributed by atoms with Crippen LogP contribution in [0.2, 0.25) is 0 Å². The monoisotopic (exact) mass is 350 g/mol. The van der Waals surface area contributed by atoms with Gasteiger partial charge in [-0.05, 0) is 31.0 Å². The zero-order valence-electron chi connectivity index (χ0n) is 14.4. The summed E-state index contributed by atoms with van der Waals surface area (Å²) < 4.78 is 5.19. The summed E-state index contributed by atoms with van der Waals surface area (Å²) in [6.07, 6.45) is 0.988. The number of hydrogen-bond acceptors (Lipinski definition) is 5. The number of esters is 1. The van der Waals surface area contributed by atoms with E-state index in [1.54, 1.807) is 42.5 Å². The number of carbonyl (C=O) groups excluding carboxylic acids is 4. The molecule has 0 amide bonds. The van der Waals surface area contributed by atoms with Gasteiger partial charge in [-0.15, -0.1) is 0 Å². The van der Waals surface area contributed by atoms with E-state index < -0.39 is 5.97 Å². The normalized spacial score (nSPS) is 12.3. The molecular formula is C21H18O5. The molecule has 3 rings (SSSR count). The van der Waals surface area contributed by atoms with Crippen molar-refractivity contribution in [1.29, 1.82) is 0 Å². The molecule has 1 aliphatic carbocycles. The summed E-state index contributed by atoms with van der Waals surface area (Å²) in [6, 6.07) is 11.6. The van der Waals surface area contributed by atoms with E-state index in [1.807, 2.05) is 0 Å². The SMILES string of the molecule is CC(=O)CCCC(=O)OCc1ccc2c(c1)C(=O)c1ccccc1C2=O. The Bertz CT molecular complexity index is 910. The van der Waals surface area contributed by atoms with Crippen molar-refractivity contribution in [1.82, 2.24) is 0 Å². The molecule has 5 heteroatoms. The molecule has 132 valence electrons. The fraction of sp³-hybridized carbons (Fsp3) is 0.238. The van der Waals surface area contributed by atoms with E-state index in [0.29, 0.717) is 40.7 Å². The molecule has 0 aromatic heterocycles. The highest BCUT2D eigenvalue weighted by Gasteiger charge is 2.29. The molecule has 0 saturated heterocycles. The van der Waals surface area contributed by atoms with E-state index >= 15 is 0 Å². The summed E-state index contributed by atoms with van der Waals surface area (Å²) in [7, 11) is 0. The second-order valence-electron chi connectivity index (χ2n) is 6.30. The van der Waals surface area contributed by atoms with Crippen molar-refractivity contribution >= 4 is 23.3 Å². The van der Waals surface area contributed by atoms with Crippen LogP contribution < -0.4 is 0 Å². The molecule has 26 heavy (non-hydrogen) atoms. The molecule has 2 aromatic carbocycles. The third-order valence-electron chi connectivity index (χ3n) is 4.30. The van der Waals surface area contributed by atoms with E-state index in [9.17, 15) is 19.2 Å². The molecule has 0 aliphatic heterocycles. The van der Waals surface area contributed by atoms with Gasteiger partial charge in [-0.3, -0.25) is 14.4 Å². The largest absolute Gasteiger partial charge is 0.461 e. The number of Topliss-reactive ketones (excluding diaryl/α,β-unsaturated/α-hetero) is 1. The highest BCUT2D eigenvalue weighted by Crippen LogP contribution is 2.28. The predicted octanol–water partition coefficient (Wildman–Crippen LogP) is 3.26. The smallest absolute Gasteiger partial charge is 0.306 e. The lowest BCUT2D eigenvalue weighted by Gasteiger charge is -2.18. The van der Waals surface area contributed by atoms with Gasteiger partial charge in [0.25, 0.3) is 0 Å². The van der Waals surface area contributed by atoms with Crippen molar-refractivity contribution in [2.75, 3.05) is 0 Å². The Kier molecular flexibility index (Phi) is 5.07. The van der Waals surface area contributed by atoms with Gasteiger partial charge in [0.15, 0.2) is 11.6 Å². The van der Waals surface area contributed by atoms with Crippen molar-refractivity contribution < 1.29 is 23.9 Å². The van der Waals surface area contributed by atoms with Gasteiger partial charge in [-0.1, -0.05) is 30.3 Å². The summed E-state index contributed by atoms with van der Waals surface area (Å²) >= 11 is 0. The number of benzene rings is 2. The molecule has 1 aliphatic rings. The van der Waals surface area contributed by atoms with E-state index in [4.69, 9.17) is 4.74 Å². The summed E-state index contributed by atoms with van der Waals surface area (Å²) in [5.41, 5.74) is 2.14. The minimum Gasteiger partial charge on any atom is -0.461 e. The number of carbonyl (C=O) groups is 4. The molecule has 0 fully saturated rings. The number of hydrogen-bond donors (Lipinski definition) is 0. The van der Waals surface area contributed by atoms with E-state index in [0.717, 1.165) is 0 Å². The fourth-order valence-electron chi connectivity index (χ4n) is 2.95. The number of rotatable bonds is 6. The molecule has 5 nitrogen and oxygen atoms in total. The summed E-state index contributed by atoms with van der Waals surface area (Å²) in [5, 5.41) is 0. The minimum absolute atomic E-state index is 0.0231. The minimum atomic E-state index is -0.392. The van der Waals surface area contributed by atoms with E-state index in [-0.39, 0.29) is 30.4 Å². The molecule has 0 unspecified atom stereocenters. The average molecular weight is 350 g/mol. The first-order valence-electron chi connectivity index (χ1n) is 8.44. The number of fused-ring (bicyclic) bond motifs is 2. The van der Waals surface area contributed by atoms with Crippen LogP contribution >= 0.6 is 0 Å². The zero-order chi connectivity index (χ0) is 18.7. The Morgan fingerprint density at radius 2 is 1.46 bits per heavy atom. The van der Waals surface area contributed by atoms with Crippen molar-refractivity contribution in [2.24, 2.45) is 0 Å². The standard InChI is InChI=1S/C21H18O5/c1-13(22)5-4-8-19(23)26-12-14-9-10-17-18(11-14)21(25)16-7-3-2-6-15(16)20(17)24/h2-3,6-7,9-11H,4-5,8,12H2,1H3. The van der Waals surface area contributed by atoms with Gasteiger partial charge in [0, 0.05) is 35.1 Å². The molecule has 0 atom stereocenters. The molecule has 0 radical (unpaired) electrons. The topological polar surface area (TPSA) is 77.5 Å². The molecule has 0 spiro atoms. The Hall–Kier alpha value is -3.08. The van der Waals surface area contributed by atoms with Crippen LogP contribution in [0.1, 0.15) is 63.6 Å². The van der Waals surface area contributed by atoms with Crippen molar-refractivity contribution in [3.63, 3.8) is 0 Å². The fourth-order valence-corrected chi connectivity index (χ4v) is 2.95. The van der Waals surface area contributed by atoms with Gasteiger partial charge in [0.1, 0.15) is 12.4 Å². The van der Waals surface area contributed by atoms with Gasteiger partial charge in [-0.25, -0.2) is 0 Å². The summed E-state index contributed by atoms with van der Waals surface area (Å²) in [4.78, 5) is 47.8. The van der Waals surface area contributed by atoms with Gasteiger partial charge >= 0.3 is 5.97 Å². The third kappa shape index (κ3) is 3.61. The number of ether oxygens (including phenoxy) is 1. The maximum absolute atomic E-state index is 12.7. The van der Waals surface area contributed by atoms with Crippen molar-refractivity contribution in [3.8, 4) is 0 Å². The highest BCUT2D eigenvalue weighted by molar-refractivity contribution is 6.28. The third-order valence-corrected chi connectivity index (χ3v) is 4.30. The van der Waals surface area contributed by atoms with Crippen LogP contribution in [0.4, 0.5) is 0 Å². The first-order chi connectivity index (χ1) is 12.5. The van der Waals surface area contributed by atoms with E-state index in [2.05, 4.69) is 0 Å². The lowest BCUT2D eigenvalue weighted by molar-refractivity contribution is -0.145. The Labute approximate surface area is 151 Å². The molecule has 0 N–H and O–H groups in total. The second kappa shape index (κ2) is 7.44. The van der Waals surface area contributed by atoms with Gasteiger partial charge in [0.05, 0.1) is 0 Å². The zero-order valence-corrected chi connectivity index (χ0v) is 14.4. The van der Waals surface area contributed by atoms with Crippen LogP contribution in [0.5, 0.6) is 0 Å².